The number of fused-ring (bicyclic) bond motifs is 2. The topological polar surface area (TPSA) is 82.7 Å². The van der Waals surface area contributed by atoms with Crippen LogP contribution in [0.5, 0.6) is 0 Å². The molecule has 3 aromatic heterocycles. The first-order valence-corrected chi connectivity index (χ1v) is 11.7. The van der Waals surface area contributed by atoms with Crippen LogP contribution in [0.4, 0.5) is 0 Å². The van der Waals surface area contributed by atoms with Gasteiger partial charge in [0.05, 0.1) is 22.5 Å². The van der Waals surface area contributed by atoms with Gasteiger partial charge in [-0.2, -0.15) is 5.26 Å². The Labute approximate surface area is 208 Å². The zero-order valence-electron chi connectivity index (χ0n) is 18.2. The monoisotopic (exact) mass is 517 g/mol. The number of rotatable bonds is 3. The van der Waals surface area contributed by atoms with Gasteiger partial charge in [0, 0.05) is 38.1 Å². The first-order chi connectivity index (χ1) is 17.1. The highest BCUT2D eigenvalue weighted by atomic mass is 79.9. The average Bonchev–Trinajstić information content (AvgIpc) is 3.32. The van der Waals surface area contributed by atoms with Gasteiger partial charge in [-0.25, -0.2) is 9.78 Å². The molecule has 6 heteroatoms. The Morgan fingerprint density at radius 1 is 0.886 bits per heavy atom. The maximum absolute atomic E-state index is 13.0. The second-order valence-corrected chi connectivity index (χ2v) is 9.05. The SMILES string of the molecule is N#Cc1c(-c2ccc(Br)cc2)cc(-c2cc3ccccc3oc2=O)nc1-c1c[nH]c2ccccc12. The highest BCUT2D eigenvalue weighted by molar-refractivity contribution is 9.10. The van der Waals surface area contributed by atoms with Gasteiger partial charge in [-0.1, -0.05) is 64.5 Å². The van der Waals surface area contributed by atoms with E-state index in [2.05, 4.69) is 27.0 Å². The molecule has 0 spiro atoms. The molecule has 6 rings (SSSR count). The van der Waals surface area contributed by atoms with Crippen LogP contribution in [0.3, 0.4) is 0 Å². The second-order valence-electron chi connectivity index (χ2n) is 8.13. The number of para-hydroxylation sites is 2. The average molecular weight is 518 g/mol. The minimum absolute atomic E-state index is 0.340. The van der Waals surface area contributed by atoms with E-state index in [4.69, 9.17) is 9.40 Å². The molecule has 0 amide bonds. The van der Waals surface area contributed by atoms with Crippen molar-refractivity contribution >= 4 is 37.8 Å². The molecule has 0 aliphatic rings. The number of nitrogens with zero attached hydrogens (tertiary/aromatic N) is 2. The Bertz CT molecular complexity index is 1840. The lowest BCUT2D eigenvalue weighted by Gasteiger charge is -2.13. The lowest BCUT2D eigenvalue weighted by molar-refractivity contribution is 0.563. The van der Waals surface area contributed by atoms with Crippen molar-refractivity contribution in [2.24, 2.45) is 0 Å². The van der Waals surface area contributed by atoms with E-state index in [0.29, 0.717) is 33.7 Å². The van der Waals surface area contributed by atoms with Gasteiger partial charge in [-0.05, 0) is 42.0 Å². The molecule has 3 aromatic carbocycles. The van der Waals surface area contributed by atoms with Crippen LogP contribution in [-0.4, -0.2) is 9.97 Å². The molecule has 166 valence electrons. The van der Waals surface area contributed by atoms with Gasteiger partial charge in [0.2, 0.25) is 0 Å². The Morgan fingerprint density at radius 2 is 1.66 bits per heavy atom. The molecular formula is C29H16BrN3O2. The third-order valence-electron chi connectivity index (χ3n) is 6.05. The summed E-state index contributed by atoms with van der Waals surface area (Å²) < 4.78 is 6.52. The second kappa shape index (κ2) is 8.39. The number of pyridine rings is 1. The number of nitriles is 1. The summed E-state index contributed by atoms with van der Waals surface area (Å²) >= 11 is 3.48. The molecule has 0 saturated carbocycles. The van der Waals surface area contributed by atoms with E-state index in [1.807, 2.05) is 72.9 Å². The molecule has 0 aliphatic heterocycles. The summed E-state index contributed by atoms with van der Waals surface area (Å²) in [6.07, 6.45) is 1.85. The third-order valence-corrected chi connectivity index (χ3v) is 6.58. The van der Waals surface area contributed by atoms with Gasteiger partial charge in [0.1, 0.15) is 11.7 Å². The quantitative estimate of drug-likeness (QED) is 0.249. The van der Waals surface area contributed by atoms with Crippen LogP contribution < -0.4 is 5.63 Å². The van der Waals surface area contributed by atoms with Gasteiger partial charge in [-0.15, -0.1) is 0 Å². The van der Waals surface area contributed by atoms with Crippen LogP contribution in [-0.2, 0) is 0 Å². The summed E-state index contributed by atoms with van der Waals surface area (Å²) in [7, 11) is 0. The Balaban J connectivity index is 1.69. The van der Waals surface area contributed by atoms with Crippen molar-refractivity contribution in [3.05, 3.63) is 112 Å². The number of halogens is 1. The largest absolute Gasteiger partial charge is 0.422 e. The smallest absolute Gasteiger partial charge is 0.345 e. The summed E-state index contributed by atoms with van der Waals surface area (Å²) in [5, 5.41) is 12.0. The van der Waals surface area contributed by atoms with Crippen LogP contribution in [0.1, 0.15) is 5.56 Å². The molecule has 6 aromatic rings. The van der Waals surface area contributed by atoms with Gasteiger partial charge in [0.25, 0.3) is 0 Å². The van der Waals surface area contributed by atoms with Crippen LogP contribution in [0.15, 0.2) is 105 Å². The summed E-state index contributed by atoms with van der Waals surface area (Å²) in [5.41, 5.74) is 5.04. The molecule has 1 N–H and O–H groups in total. The van der Waals surface area contributed by atoms with E-state index in [1.165, 1.54) is 0 Å². The standard InChI is InChI=1S/C29H16BrN3O2/c30-19-11-9-17(10-12-19)21-14-26(22-13-18-5-1-4-8-27(18)35-29(22)34)33-28(23(21)15-31)24-16-32-25-7-3-2-6-20(24)25/h1-14,16,32H. The van der Waals surface area contributed by atoms with E-state index >= 15 is 0 Å². The molecule has 0 fully saturated rings. The molecule has 0 atom stereocenters. The maximum atomic E-state index is 13.0. The first kappa shape index (κ1) is 21.1. The zero-order chi connectivity index (χ0) is 23.9. The van der Waals surface area contributed by atoms with E-state index in [1.54, 1.807) is 18.2 Å². The van der Waals surface area contributed by atoms with Gasteiger partial charge < -0.3 is 9.40 Å². The van der Waals surface area contributed by atoms with Crippen molar-refractivity contribution in [1.29, 1.82) is 5.26 Å². The molecular weight excluding hydrogens is 502 g/mol. The van der Waals surface area contributed by atoms with Gasteiger partial charge >= 0.3 is 5.63 Å². The van der Waals surface area contributed by atoms with Crippen LogP contribution in [0, 0.1) is 11.3 Å². The van der Waals surface area contributed by atoms with E-state index in [9.17, 15) is 10.1 Å². The number of aromatic nitrogens is 2. The van der Waals surface area contributed by atoms with E-state index in [-0.39, 0.29) is 0 Å². The minimum atomic E-state index is -0.479. The summed E-state index contributed by atoms with van der Waals surface area (Å²) in [6, 6.07) is 28.9. The Hall–Kier alpha value is -4.47. The van der Waals surface area contributed by atoms with Crippen molar-refractivity contribution in [2.75, 3.05) is 0 Å². The number of benzene rings is 3. The predicted octanol–water partition coefficient (Wildman–Crippen LogP) is 7.30. The fourth-order valence-electron chi connectivity index (χ4n) is 4.36. The normalized spacial score (nSPS) is 11.1. The van der Waals surface area contributed by atoms with Crippen LogP contribution >= 0.6 is 15.9 Å². The lowest BCUT2D eigenvalue weighted by Crippen LogP contribution is -2.06. The van der Waals surface area contributed by atoms with Crippen LogP contribution in [0.25, 0.3) is 55.5 Å². The van der Waals surface area contributed by atoms with Crippen molar-refractivity contribution in [3.8, 4) is 39.7 Å². The van der Waals surface area contributed by atoms with Crippen molar-refractivity contribution < 1.29 is 4.42 Å². The van der Waals surface area contributed by atoms with Gasteiger partial charge in [-0.3, -0.25) is 0 Å². The third kappa shape index (κ3) is 3.63. The van der Waals surface area contributed by atoms with Crippen molar-refractivity contribution in [1.82, 2.24) is 9.97 Å². The molecule has 0 aliphatic carbocycles. The predicted molar refractivity (Wildman–Crippen MR) is 141 cm³/mol. The maximum Gasteiger partial charge on any atom is 0.345 e. The molecule has 35 heavy (non-hydrogen) atoms. The zero-order valence-corrected chi connectivity index (χ0v) is 19.8. The van der Waals surface area contributed by atoms with E-state index < -0.39 is 5.63 Å². The highest BCUT2D eigenvalue weighted by Gasteiger charge is 2.21. The number of nitrogens with one attached hydrogen (secondary N) is 1. The molecule has 0 bridgehead atoms. The number of aromatic amines is 1. The lowest BCUT2D eigenvalue weighted by atomic mass is 9.94. The summed E-state index contributed by atoms with van der Waals surface area (Å²) in [6.45, 7) is 0. The fraction of sp³-hybridized carbons (Fsp3) is 0. The minimum Gasteiger partial charge on any atom is -0.422 e. The molecule has 0 unspecified atom stereocenters. The number of hydrogen-bond acceptors (Lipinski definition) is 4. The highest BCUT2D eigenvalue weighted by Crippen LogP contribution is 2.37. The van der Waals surface area contributed by atoms with Gasteiger partial charge in [0.15, 0.2) is 0 Å². The molecule has 0 radical (unpaired) electrons. The van der Waals surface area contributed by atoms with E-state index in [0.717, 1.165) is 31.9 Å². The molecule has 0 saturated heterocycles. The Kier molecular flexibility index (Phi) is 5.05. The summed E-state index contributed by atoms with van der Waals surface area (Å²) in [5.74, 6) is 0. The Morgan fingerprint density at radius 3 is 2.49 bits per heavy atom. The molecule has 3 heterocycles. The first-order valence-electron chi connectivity index (χ1n) is 10.9. The number of H-pyrrole nitrogens is 1. The molecule has 5 nitrogen and oxygen atoms in total. The van der Waals surface area contributed by atoms with Crippen LogP contribution in [0.2, 0.25) is 0 Å². The van der Waals surface area contributed by atoms with Crippen molar-refractivity contribution in [2.45, 2.75) is 0 Å². The summed E-state index contributed by atoms with van der Waals surface area (Å²) in [4.78, 5) is 21.1. The van der Waals surface area contributed by atoms with Crippen molar-refractivity contribution in [3.63, 3.8) is 0 Å². The fourth-order valence-corrected chi connectivity index (χ4v) is 4.62. The number of hydrogen-bond donors (Lipinski definition) is 1.